The Morgan fingerprint density at radius 3 is 2.93 bits per heavy atom. The molecule has 0 aliphatic heterocycles. The molecule has 0 fully saturated rings. The van der Waals surface area contributed by atoms with E-state index in [-0.39, 0.29) is 4.87 Å². The monoisotopic (exact) mass is 243 g/mol. The fourth-order valence-corrected chi connectivity index (χ4v) is 2.77. The van der Waals surface area contributed by atoms with Gasteiger partial charge >= 0.3 is 4.87 Å². The Morgan fingerprint density at radius 2 is 2.27 bits per heavy atom. The molecule has 2 rings (SSSR count). The van der Waals surface area contributed by atoms with Gasteiger partial charge in [-0.1, -0.05) is 22.9 Å². The highest BCUT2D eigenvalue weighted by Gasteiger charge is 2.12. The summed E-state index contributed by atoms with van der Waals surface area (Å²) in [7, 11) is 1.71. The maximum Gasteiger partial charge on any atom is 0.308 e. The van der Waals surface area contributed by atoms with E-state index in [0.29, 0.717) is 11.6 Å². The molecule has 0 amide bonds. The molecule has 0 saturated heterocycles. The van der Waals surface area contributed by atoms with Gasteiger partial charge in [0.15, 0.2) is 0 Å². The smallest absolute Gasteiger partial charge is 0.308 e. The zero-order valence-corrected chi connectivity index (χ0v) is 9.98. The molecule has 80 valence electrons. The quantitative estimate of drug-likeness (QED) is 0.812. The van der Waals surface area contributed by atoms with Crippen molar-refractivity contribution in [3.8, 4) is 5.75 Å². The summed E-state index contributed by atoms with van der Waals surface area (Å²) in [5.41, 5.74) is 0.748. The van der Waals surface area contributed by atoms with Gasteiger partial charge in [-0.2, -0.15) is 0 Å². The number of nitrogens with zero attached hydrogens (tertiary/aromatic N) is 1. The van der Waals surface area contributed by atoms with Crippen molar-refractivity contribution in [3.05, 3.63) is 26.8 Å². The molecule has 0 bridgehead atoms. The van der Waals surface area contributed by atoms with E-state index in [0.717, 1.165) is 27.3 Å². The highest BCUT2D eigenvalue weighted by Crippen LogP contribution is 2.33. The third-order valence-electron chi connectivity index (χ3n) is 2.14. The Balaban J connectivity index is 2.82. The third kappa shape index (κ3) is 1.64. The lowest BCUT2D eigenvalue weighted by Crippen LogP contribution is -2.06. The molecule has 1 heterocycles. The van der Waals surface area contributed by atoms with Crippen LogP contribution in [0.5, 0.6) is 5.75 Å². The normalized spacial score (nSPS) is 10.9. The summed E-state index contributed by atoms with van der Waals surface area (Å²) in [4.78, 5) is 11.5. The van der Waals surface area contributed by atoms with Gasteiger partial charge in [-0.25, -0.2) is 0 Å². The van der Waals surface area contributed by atoms with Gasteiger partial charge in [-0.15, -0.1) is 0 Å². The second-order valence-corrected chi connectivity index (χ2v) is 4.45. The molecule has 0 unspecified atom stereocenters. The average molecular weight is 244 g/mol. The van der Waals surface area contributed by atoms with Gasteiger partial charge in [-0.3, -0.25) is 4.79 Å². The fraction of sp³-hybridized carbons (Fsp3) is 0.300. The van der Waals surface area contributed by atoms with Gasteiger partial charge < -0.3 is 9.30 Å². The molecule has 0 radical (unpaired) electrons. The average Bonchev–Trinajstić information content (AvgIpc) is 2.50. The maximum absolute atomic E-state index is 11.5. The van der Waals surface area contributed by atoms with Crippen LogP contribution in [0.4, 0.5) is 0 Å². The van der Waals surface area contributed by atoms with Crippen molar-refractivity contribution in [2.75, 3.05) is 6.61 Å². The number of halogens is 1. The number of thiazole rings is 1. The van der Waals surface area contributed by atoms with Gasteiger partial charge in [0.1, 0.15) is 5.75 Å². The van der Waals surface area contributed by atoms with Crippen molar-refractivity contribution >= 4 is 33.2 Å². The predicted molar refractivity (Wildman–Crippen MR) is 63.2 cm³/mol. The number of benzene rings is 1. The Bertz CT molecular complexity index is 558. The molecule has 3 nitrogen and oxygen atoms in total. The van der Waals surface area contributed by atoms with Crippen LogP contribution >= 0.6 is 22.9 Å². The first kappa shape index (κ1) is 10.5. The minimum Gasteiger partial charge on any atom is -0.492 e. The summed E-state index contributed by atoms with van der Waals surface area (Å²) in [6.45, 7) is 2.48. The molecule has 0 aliphatic rings. The van der Waals surface area contributed by atoms with Crippen molar-refractivity contribution in [2.24, 2.45) is 7.05 Å². The Labute approximate surface area is 95.9 Å². The van der Waals surface area contributed by atoms with Crippen LogP contribution in [0.15, 0.2) is 16.9 Å². The van der Waals surface area contributed by atoms with Gasteiger partial charge in [0, 0.05) is 7.05 Å². The topological polar surface area (TPSA) is 31.2 Å². The molecule has 2 aromatic rings. The highest BCUT2D eigenvalue weighted by molar-refractivity contribution is 7.17. The number of hydrogen-bond donors (Lipinski definition) is 0. The van der Waals surface area contributed by atoms with E-state index in [1.54, 1.807) is 23.7 Å². The summed E-state index contributed by atoms with van der Waals surface area (Å²) in [5, 5.41) is 0.578. The molecule has 0 saturated carbocycles. The molecule has 0 spiro atoms. The number of fused-ring (bicyclic) bond motifs is 1. The van der Waals surface area contributed by atoms with Crippen molar-refractivity contribution < 1.29 is 4.74 Å². The second kappa shape index (κ2) is 3.87. The largest absolute Gasteiger partial charge is 0.492 e. The minimum absolute atomic E-state index is 0.0287. The molecule has 1 aromatic heterocycles. The number of ether oxygens (including phenoxy) is 1. The van der Waals surface area contributed by atoms with Crippen LogP contribution in [0, 0.1) is 0 Å². The lowest BCUT2D eigenvalue weighted by Gasteiger charge is -2.05. The number of aryl methyl sites for hydroxylation is 1. The van der Waals surface area contributed by atoms with E-state index in [2.05, 4.69) is 0 Å². The minimum atomic E-state index is -0.0287. The van der Waals surface area contributed by atoms with Gasteiger partial charge in [0.25, 0.3) is 0 Å². The number of hydrogen-bond acceptors (Lipinski definition) is 3. The van der Waals surface area contributed by atoms with Crippen LogP contribution in [-0.4, -0.2) is 11.2 Å². The number of aromatic nitrogens is 1. The molecule has 0 aliphatic carbocycles. The summed E-state index contributed by atoms with van der Waals surface area (Å²) in [6.07, 6.45) is 0. The molecule has 0 atom stereocenters. The highest BCUT2D eigenvalue weighted by atomic mass is 35.5. The molecular formula is C10H10ClNO2S. The molecule has 0 N–H and O–H groups in total. The lowest BCUT2D eigenvalue weighted by atomic mass is 10.3. The summed E-state index contributed by atoms with van der Waals surface area (Å²) < 4.78 is 7.81. The molecule has 1 aromatic carbocycles. The Kier molecular flexibility index (Phi) is 2.71. The van der Waals surface area contributed by atoms with Crippen LogP contribution in [0.1, 0.15) is 6.92 Å². The number of rotatable bonds is 2. The van der Waals surface area contributed by atoms with E-state index in [4.69, 9.17) is 16.3 Å². The van der Waals surface area contributed by atoms with E-state index < -0.39 is 0 Å². The predicted octanol–water partition coefficient (Wildman–Crippen LogP) is 2.65. The third-order valence-corrected chi connectivity index (χ3v) is 3.50. The maximum atomic E-state index is 11.5. The van der Waals surface area contributed by atoms with Gasteiger partial charge in [0.05, 0.1) is 21.8 Å². The van der Waals surface area contributed by atoms with Crippen molar-refractivity contribution in [3.63, 3.8) is 0 Å². The van der Waals surface area contributed by atoms with Crippen LogP contribution in [0.25, 0.3) is 10.2 Å². The fourth-order valence-electron chi connectivity index (χ4n) is 1.46. The van der Waals surface area contributed by atoms with Crippen LogP contribution in [-0.2, 0) is 7.05 Å². The summed E-state index contributed by atoms with van der Waals surface area (Å²) in [5.74, 6) is 0.722. The first-order valence-corrected chi connectivity index (χ1v) is 5.75. The van der Waals surface area contributed by atoms with Crippen LogP contribution in [0.2, 0.25) is 5.02 Å². The lowest BCUT2D eigenvalue weighted by molar-refractivity contribution is 0.345. The van der Waals surface area contributed by atoms with Crippen molar-refractivity contribution in [1.29, 1.82) is 0 Å². The van der Waals surface area contributed by atoms with Gasteiger partial charge in [0.2, 0.25) is 0 Å². The molecular weight excluding hydrogens is 234 g/mol. The van der Waals surface area contributed by atoms with E-state index in [9.17, 15) is 4.79 Å². The molecule has 15 heavy (non-hydrogen) atoms. The summed E-state index contributed by atoms with van der Waals surface area (Å²) in [6, 6.07) is 3.55. The zero-order valence-electron chi connectivity index (χ0n) is 8.41. The van der Waals surface area contributed by atoms with Gasteiger partial charge in [-0.05, 0) is 19.1 Å². The second-order valence-electron chi connectivity index (χ2n) is 3.08. The van der Waals surface area contributed by atoms with E-state index in [1.807, 2.05) is 6.92 Å². The van der Waals surface area contributed by atoms with Crippen molar-refractivity contribution in [2.45, 2.75) is 6.92 Å². The van der Waals surface area contributed by atoms with Crippen LogP contribution in [0.3, 0.4) is 0 Å². The SMILES string of the molecule is CCOc1ccc(Cl)c2c1sc(=O)n2C. The Hall–Kier alpha value is -1.00. The summed E-state index contributed by atoms with van der Waals surface area (Å²) >= 11 is 7.20. The standard InChI is InChI=1S/C10H10ClNO2S/c1-3-14-7-5-4-6(11)8-9(7)15-10(13)12(8)2/h4-5H,3H2,1-2H3. The first-order valence-electron chi connectivity index (χ1n) is 4.56. The first-order chi connectivity index (χ1) is 7.15. The van der Waals surface area contributed by atoms with Crippen LogP contribution < -0.4 is 9.61 Å². The van der Waals surface area contributed by atoms with Crippen molar-refractivity contribution in [1.82, 2.24) is 4.57 Å². The van der Waals surface area contributed by atoms with E-state index >= 15 is 0 Å². The Morgan fingerprint density at radius 1 is 1.53 bits per heavy atom. The zero-order chi connectivity index (χ0) is 11.0. The molecule has 5 heteroatoms. The van der Waals surface area contributed by atoms with E-state index in [1.165, 1.54) is 0 Å².